The number of carbonyl (C=O) groups excluding carboxylic acids is 3. The second-order valence-corrected chi connectivity index (χ2v) is 8.70. The lowest BCUT2D eigenvalue weighted by atomic mass is 9.96. The lowest BCUT2D eigenvalue weighted by Crippen LogP contribution is -2.49. The Balaban J connectivity index is 1.44. The second kappa shape index (κ2) is 7.76. The first-order chi connectivity index (χ1) is 13.9. The average Bonchev–Trinajstić information content (AvgIpc) is 3.38. The molecule has 3 fully saturated rings. The van der Waals surface area contributed by atoms with Crippen molar-refractivity contribution in [3.05, 3.63) is 35.6 Å². The molecule has 1 unspecified atom stereocenters. The first-order valence-corrected chi connectivity index (χ1v) is 10.6. The molecule has 0 aromatic heterocycles. The van der Waals surface area contributed by atoms with E-state index >= 15 is 0 Å². The summed E-state index contributed by atoms with van der Waals surface area (Å²) in [5.41, 5.74) is 0.0856. The second-order valence-electron chi connectivity index (χ2n) is 8.70. The molecule has 1 heterocycles. The topological polar surface area (TPSA) is 69.7 Å². The number of hydrogen-bond acceptors (Lipinski definition) is 3. The number of urea groups is 1. The third-order valence-electron chi connectivity index (χ3n) is 6.63. The lowest BCUT2D eigenvalue weighted by molar-refractivity contribution is -0.140. The smallest absolute Gasteiger partial charge is 0.325 e. The van der Waals surface area contributed by atoms with E-state index in [9.17, 15) is 18.8 Å². The van der Waals surface area contributed by atoms with Crippen molar-refractivity contribution in [1.82, 2.24) is 15.1 Å². The van der Waals surface area contributed by atoms with Crippen molar-refractivity contribution in [2.75, 3.05) is 13.1 Å². The molecule has 4 rings (SSSR count). The van der Waals surface area contributed by atoms with E-state index in [1.54, 1.807) is 19.1 Å². The van der Waals surface area contributed by atoms with Crippen LogP contribution in [0.2, 0.25) is 0 Å². The molecule has 1 aromatic rings. The summed E-state index contributed by atoms with van der Waals surface area (Å²) in [4.78, 5) is 41.3. The molecule has 29 heavy (non-hydrogen) atoms. The van der Waals surface area contributed by atoms with Crippen molar-refractivity contribution in [2.45, 2.75) is 63.5 Å². The minimum atomic E-state index is -0.871. The summed E-state index contributed by atoms with van der Waals surface area (Å²) in [6, 6.07) is 5.96. The van der Waals surface area contributed by atoms with Gasteiger partial charge in [0, 0.05) is 12.6 Å². The fourth-order valence-corrected chi connectivity index (χ4v) is 4.65. The fraction of sp³-hybridized carbons (Fsp3) is 0.591. The molecule has 6 nitrogen and oxygen atoms in total. The van der Waals surface area contributed by atoms with Crippen LogP contribution >= 0.6 is 0 Å². The predicted octanol–water partition coefficient (Wildman–Crippen LogP) is 2.86. The molecule has 1 aromatic carbocycles. The van der Waals surface area contributed by atoms with Crippen molar-refractivity contribution in [3.8, 4) is 0 Å². The maximum absolute atomic E-state index is 13.1. The molecule has 1 N–H and O–H groups in total. The van der Waals surface area contributed by atoms with Gasteiger partial charge in [-0.1, -0.05) is 25.0 Å². The number of amides is 4. The molecule has 0 radical (unpaired) electrons. The Hall–Kier alpha value is -2.44. The highest BCUT2D eigenvalue weighted by Gasteiger charge is 2.56. The Labute approximate surface area is 170 Å². The van der Waals surface area contributed by atoms with Crippen LogP contribution in [0.5, 0.6) is 0 Å². The van der Waals surface area contributed by atoms with Gasteiger partial charge in [0.05, 0.1) is 0 Å². The van der Waals surface area contributed by atoms with E-state index < -0.39 is 11.6 Å². The van der Waals surface area contributed by atoms with Crippen LogP contribution in [-0.2, 0) is 16.0 Å². The van der Waals surface area contributed by atoms with Crippen LogP contribution in [0, 0.1) is 11.7 Å². The molecular formula is C22H28FN3O3. The number of carbonyl (C=O) groups is 3. The summed E-state index contributed by atoms with van der Waals surface area (Å²) < 4.78 is 13.1. The molecule has 1 aliphatic heterocycles. The number of nitrogens with zero attached hydrogens (tertiary/aromatic N) is 2. The molecule has 2 saturated carbocycles. The normalized spacial score (nSPS) is 24.8. The number of imide groups is 1. The maximum atomic E-state index is 13.1. The molecule has 7 heteroatoms. The Morgan fingerprint density at radius 2 is 1.83 bits per heavy atom. The third-order valence-corrected chi connectivity index (χ3v) is 6.63. The zero-order valence-corrected chi connectivity index (χ0v) is 16.8. The molecule has 4 amide bonds. The van der Waals surface area contributed by atoms with Crippen LogP contribution < -0.4 is 5.32 Å². The van der Waals surface area contributed by atoms with Gasteiger partial charge >= 0.3 is 6.03 Å². The Morgan fingerprint density at radius 1 is 1.17 bits per heavy atom. The Kier molecular flexibility index (Phi) is 5.32. The predicted molar refractivity (Wildman–Crippen MR) is 105 cm³/mol. The van der Waals surface area contributed by atoms with Gasteiger partial charge in [-0.15, -0.1) is 0 Å². The number of hydrogen-bond donors (Lipinski definition) is 1. The molecule has 1 atom stereocenters. The molecule has 0 spiro atoms. The van der Waals surface area contributed by atoms with Crippen molar-refractivity contribution in [1.29, 1.82) is 0 Å². The highest BCUT2D eigenvalue weighted by molar-refractivity contribution is 6.09. The number of nitrogens with one attached hydrogen (secondary N) is 1. The first kappa shape index (κ1) is 19.9. The Morgan fingerprint density at radius 3 is 2.45 bits per heavy atom. The van der Waals surface area contributed by atoms with Crippen molar-refractivity contribution < 1.29 is 18.8 Å². The summed E-state index contributed by atoms with van der Waals surface area (Å²) in [5, 5.41) is 2.80. The lowest BCUT2D eigenvalue weighted by Gasteiger charge is -2.30. The minimum absolute atomic E-state index is 0.138. The monoisotopic (exact) mass is 401 g/mol. The van der Waals surface area contributed by atoms with E-state index in [0.717, 1.165) is 49.0 Å². The minimum Gasteiger partial charge on any atom is -0.338 e. The molecule has 0 bridgehead atoms. The van der Waals surface area contributed by atoms with Crippen molar-refractivity contribution in [2.24, 2.45) is 5.92 Å². The summed E-state index contributed by atoms with van der Waals surface area (Å²) in [5.74, 6) is -0.593. The van der Waals surface area contributed by atoms with Gasteiger partial charge in [-0.2, -0.15) is 0 Å². The van der Waals surface area contributed by atoms with Crippen molar-refractivity contribution >= 4 is 17.8 Å². The number of benzene rings is 1. The van der Waals surface area contributed by atoms with E-state index in [2.05, 4.69) is 5.32 Å². The SMILES string of the molecule is CC1(C2CC2)NC(=O)N(CC(=O)N(CCc2ccc(F)cc2)C2CCCC2)C1=O. The molecule has 156 valence electrons. The maximum Gasteiger partial charge on any atom is 0.325 e. The largest absolute Gasteiger partial charge is 0.338 e. The van der Waals surface area contributed by atoms with Gasteiger partial charge in [0.25, 0.3) is 5.91 Å². The van der Waals surface area contributed by atoms with Gasteiger partial charge in [0.15, 0.2) is 0 Å². The van der Waals surface area contributed by atoms with Gasteiger partial charge in [0.1, 0.15) is 17.9 Å². The van der Waals surface area contributed by atoms with Crippen LogP contribution in [0.25, 0.3) is 0 Å². The van der Waals surface area contributed by atoms with E-state index in [1.807, 2.05) is 4.90 Å². The van der Waals surface area contributed by atoms with E-state index in [-0.39, 0.29) is 36.1 Å². The van der Waals surface area contributed by atoms with E-state index in [1.165, 1.54) is 12.1 Å². The van der Waals surface area contributed by atoms with Gasteiger partial charge in [-0.05, 0) is 62.6 Å². The fourth-order valence-electron chi connectivity index (χ4n) is 4.65. The van der Waals surface area contributed by atoms with Crippen LogP contribution in [0.4, 0.5) is 9.18 Å². The number of rotatable bonds is 7. The summed E-state index contributed by atoms with van der Waals surface area (Å²) in [7, 11) is 0. The van der Waals surface area contributed by atoms with E-state index in [4.69, 9.17) is 0 Å². The summed E-state index contributed by atoms with van der Waals surface area (Å²) >= 11 is 0. The zero-order chi connectivity index (χ0) is 20.6. The average molecular weight is 401 g/mol. The molecule has 3 aliphatic rings. The number of halogens is 1. The standard InChI is InChI=1S/C22H28FN3O3/c1-22(16-8-9-16)20(28)26(21(29)24-22)14-19(27)25(18-4-2-3-5-18)13-12-15-6-10-17(23)11-7-15/h6-7,10-11,16,18H,2-5,8-9,12-14H2,1H3,(H,24,29). The van der Waals surface area contributed by atoms with Crippen LogP contribution in [-0.4, -0.2) is 52.3 Å². The van der Waals surface area contributed by atoms with Gasteiger partial charge in [-0.25, -0.2) is 9.18 Å². The highest BCUT2D eigenvalue weighted by atomic mass is 19.1. The van der Waals surface area contributed by atoms with E-state index in [0.29, 0.717) is 13.0 Å². The molecule has 1 saturated heterocycles. The van der Waals surface area contributed by atoms with Crippen LogP contribution in [0.3, 0.4) is 0 Å². The first-order valence-electron chi connectivity index (χ1n) is 10.6. The summed E-state index contributed by atoms with van der Waals surface area (Å²) in [6.45, 7) is 2.05. The van der Waals surface area contributed by atoms with Gasteiger partial charge < -0.3 is 10.2 Å². The third kappa shape index (κ3) is 4.00. The van der Waals surface area contributed by atoms with Crippen molar-refractivity contribution in [3.63, 3.8) is 0 Å². The van der Waals surface area contributed by atoms with Crippen LogP contribution in [0.1, 0.15) is 51.0 Å². The molecular weight excluding hydrogens is 373 g/mol. The quantitative estimate of drug-likeness (QED) is 0.715. The molecule has 2 aliphatic carbocycles. The summed E-state index contributed by atoms with van der Waals surface area (Å²) in [6.07, 6.45) is 6.50. The zero-order valence-electron chi connectivity index (χ0n) is 16.8. The van der Waals surface area contributed by atoms with Crippen LogP contribution in [0.15, 0.2) is 24.3 Å². The van der Waals surface area contributed by atoms with Gasteiger partial charge in [-0.3, -0.25) is 14.5 Å². The van der Waals surface area contributed by atoms with Gasteiger partial charge in [0.2, 0.25) is 5.91 Å². The highest BCUT2D eigenvalue weighted by Crippen LogP contribution is 2.42. The Bertz CT molecular complexity index is 802.